The Morgan fingerprint density at radius 2 is 2.04 bits per heavy atom. The van der Waals surface area contributed by atoms with E-state index < -0.39 is 0 Å². The van der Waals surface area contributed by atoms with Gasteiger partial charge in [-0.15, -0.1) is 10.2 Å². The molecule has 0 radical (unpaired) electrons. The fourth-order valence-electron chi connectivity index (χ4n) is 2.86. The molecule has 126 valence electrons. The van der Waals surface area contributed by atoms with Crippen LogP contribution in [0.25, 0.3) is 0 Å². The summed E-state index contributed by atoms with van der Waals surface area (Å²) in [4.78, 5) is 24.3. The van der Waals surface area contributed by atoms with Gasteiger partial charge in [-0.1, -0.05) is 6.07 Å². The summed E-state index contributed by atoms with van der Waals surface area (Å²) in [7, 11) is 1.37. The van der Waals surface area contributed by atoms with Crippen molar-refractivity contribution in [1.29, 1.82) is 0 Å². The van der Waals surface area contributed by atoms with E-state index in [4.69, 9.17) is 4.74 Å². The van der Waals surface area contributed by atoms with E-state index >= 15 is 0 Å². The molecule has 1 aliphatic rings. The van der Waals surface area contributed by atoms with Gasteiger partial charge in [-0.2, -0.15) is 0 Å². The highest BCUT2D eigenvalue weighted by atomic mass is 16.5. The predicted octanol–water partition coefficient (Wildman–Crippen LogP) is 1.88. The largest absolute Gasteiger partial charge is 0.469 e. The number of carbonyl (C=O) groups is 2. The van der Waals surface area contributed by atoms with Crippen molar-refractivity contribution in [2.45, 2.75) is 33.2 Å². The van der Waals surface area contributed by atoms with Gasteiger partial charge in [0.1, 0.15) is 5.82 Å². The third-order valence-electron chi connectivity index (χ3n) is 4.45. The number of anilines is 1. The lowest BCUT2D eigenvalue weighted by molar-refractivity contribution is -0.146. The first kappa shape index (κ1) is 16.2. The van der Waals surface area contributed by atoms with Crippen molar-refractivity contribution in [2.24, 2.45) is 5.92 Å². The smallest absolute Gasteiger partial charge is 0.310 e. The van der Waals surface area contributed by atoms with Crippen LogP contribution in [-0.4, -0.2) is 33.8 Å². The summed E-state index contributed by atoms with van der Waals surface area (Å²) in [5.74, 6) is 0.0706. The number of hydrogen-bond donors (Lipinski definition) is 1. The van der Waals surface area contributed by atoms with Gasteiger partial charge in [0.2, 0.25) is 5.82 Å². The molecule has 0 fully saturated rings. The molecule has 2 heterocycles. The average molecular weight is 328 g/mol. The molecule has 7 heteroatoms. The van der Waals surface area contributed by atoms with Crippen LogP contribution in [0.1, 0.15) is 34.0 Å². The summed E-state index contributed by atoms with van der Waals surface area (Å²) in [6, 6.07) is 5.72. The zero-order valence-corrected chi connectivity index (χ0v) is 14.0. The zero-order chi connectivity index (χ0) is 17.3. The lowest BCUT2D eigenvalue weighted by Gasteiger charge is -2.22. The van der Waals surface area contributed by atoms with Gasteiger partial charge < -0.3 is 14.6 Å². The van der Waals surface area contributed by atoms with Crippen LogP contribution in [0.2, 0.25) is 0 Å². The molecule has 1 atom stereocenters. The second-order valence-electron chi connectivity index (χ2n) is 6.06. The molecular formula is C17H20N4O3. The number of methoxy groups -OCH3 is 1. The number of fused-ring (bicyclic) bond motifs is 1. The van der Waals surface area contributed by atoms with E-state index in [1.54, 1.807) is 4.57 Å². The summed E-state index contributed by atoms with van der Waals surface area (Å²) in [6.07, 6.45) is 1.26. The molecule has 0 bridgehead atoms. The second-order valence-corrected chi connectivity index (χ2v) is 6.06. The predicted molar refractivity (Wildman–Crippen MR) is 87.7 cm³/mol. The van der Waals surface area contributed by atoms with Crippen molar-refractivity contribution in [3.05, 3.63) is 41.0 Å². The minimum atomic E-state index is -0.331. The number of rotatable bonds is 3. The number of amides is 1. The molecule has 0 aliphatic carbocycles. The standard InChI is InChI=1S/C17H20N4O3/c1-10-4-6-13(8-11(10)2)18-16(22)15-20-19-14-7-5-12(9-21(14)15)17(23)24-3/h4,6,8,12H,5,7,9H2,1-3H3,(H,18,22). The van der Waals surface area contributed by atoms with Crippen LogP contribution < -0.4 is 5.32 Å². The van der Waals surface area contributed by atoms with Crippen molar-refractivity contribution >= 4 is 17.6 Å². The van der Waals surface area contributed by atoms with Gasteiger partial charge in [0.05, 0.1) is 13.0 Å². The fourth-order valence-corrected chi connectivity index (χ4v) is 2.86. The first-order chi connectivity index (χ1) is 11.5. The SMILES string of the molecule is COC(=O)C1CCc2nnc(C(=O)Nc3ccc(C)c(C)c3)n2C1. The van der Waals surface area contributed by atoms with Crippen molar-refractivity contribution in [1.82, 2.24) is 14.8 Å². The number of aryl methyl sites for hydroxylation is 3. The molecule has 1 aromatic heterocycles. The Morgan fingerprint density at radius 1 is 1.25 bits per heavy atom. The Kier molecular flexibility index (Phi) is 4.33. The minimum absolute atomic E-state index is 0.219. The summed E-state index contributed by atoms with van der Waals surface area (Å²) in [5, 5.41) is 10.9. The van der Waals surface area contributed by atoms with Gasteiger partial charge in [0, 0.05) is 18.7 Å². The Balaban J connectivity index is 1.80. The quantitative estimate of drug-likeness (QED) is 0.870. The van der Waals surface area contributed by atoms with Crippen molar-refractivity contribution < 1.29 is 14.3 Å². The summed E-state index contributed by atoms with van der Waals surface area (Å²) in [5.41, 5.74) is 2.97. The van der Waals surface area contributed by atoms with Crippen molar-refractivity contribution in [3.63, 3.8) is 0 Å². The molecule has 1 N–H and O–H groups in total. The molecule has 0 spiro atoms. The van der Waals surface area contributed by atoms with Gasteiger partial charge in [0.25, 0.3) is 5.91 Å². The van der Waals surface area contributed by atoms with E-state index in [0.29, 0.717) is 25.1 Å². The number of nitrogens with one attached hydrogen (secondary N) is 1. The number of aromatic nitrogens is 3. The summed E-state index contributed by atoms with van der Waals surface area (Å²) >= 11 is 0. The van der Waals surface area contributed by atoms with Crippen LogP contribution in [0, 0.1) is 19.8 Å². The van der Waals surface area contributed by atoms with Crippen molar-refractivity contribution in [2.75, 3.05) is 12.4 Å². The van der Waals surface area contributed by atoms with E-state index in [1.807, 2.05) is 32.0 Å². The number of benzene rings is 1. The fraction of sp³-hybridized carbons (Fsp3) is 0.412. The zero-order valence-electron chi connectivity index (χ0n) is 14.0. The Labute approximate surface area is 140 Å². The van der Waals surface area contributed by atoms with Crippen LogP contribution in [0.4, 0.5) is 5.69 Å². The van der Waals surface area contributed by atoms with E-state index in [0.717, 1.165) is 17.0 Å². The highest BCUT2D eigenvalue weighted by Crippen LogP contribution is 2.22. The maximum Gasteiger partial charge on any atom is 0.310 e. The van der Waals surface area contributed by atoms with E-state index in [9.17, 15) is 9.59 Å². The molecule has 2 aromatic rings. The third-order valence-corrected chi connectivity index (χ3v) is 4.45. The van der Waals surface area contributed by atoms with Crippen LogP contribution in [0.15, 0.2) is 18.2 Å². The van der Waals surface area contributed by atoms with E-state index in [1.165, 1.54) is 7.11 Å². The van der Waals surface area contributed by atoms with E-state index in [2.05, 4.69) is 15.5 Å². The van der Waals surface area contributed by atoms with Crippen LogP contribution >= 0.6 is 0 Å². The first-order valence-electron chi connectivity index (χ1n) is 7.88. The van der Waals surface area contributed by atoms with Gasteiger partial charge in [-0.3, -0.25) is 9.59 Å². The third kappa shape index (κ3) is 3.02. The lowest BCUT2D eigenvalue weighted by atomic mass is 9.99. The van der Waals surface area contributed by atoms with Gasteiger partial charge in [0.15, 0.2) is 0 Å². The van der Waals surface area contributed by atoms with Gasteiger partial charge >= 0.3 is 5.97 Å². The molecule has 24 heavy (non-hydrogen) atoms. The topological polar surface area (TPSA) is 86.1 Å². The maximum atomic E-state index is 12.5. The first-order valence-corrected chi connectivity index (χ1v) is 7.88. The summed E-state index contributed by atoms with van der Waals surface area (Å²) in [6.45, 7) is 4.37. The van der Waals surface area contributed by atoms with Gasteiger partial charge in [-0.25, -0.2) is 0 Å². The van der Waals surface area contributed by atoms with Crippen LogP contribution in [0.3, 0.4) is 0 Å². The number of hydrogen-bond acceptors (Lipinski definition) is 5. The maximum absolute atomic E-state index is 12.5. The normalized spacial score (nSPS) is 16.4. The highest BCUT2D eigenvalue weighted by molar-refractivity contribution is 6.01. The molecule has 1 aromatic carbocycles. The van der Waals surface area contributed by atoms with Crippen LogP contribution in [-0.2, 0) is 22.5 Å². The molecule has 3 rings (SSSR count). The van der Waals surface area contributed by atoms with Crippen LogP contribution in [0.5, 0.6) is 0 Å². The Morgan fingerprint density at radius 3 is 2.75 bits per heavy atom. The number of esters is 1. The Hall–Kier alpha value is -2.70. The van der Waals surface area contributed by atoms with E-state index in [-0.39, 0.29) is 23.6 Å². The number of carbonyl (C=O) groups excluding carboxylic acids is 2. The molecule has 1 amide bonds. The molecule has 0 saturated heterocycles. The minimum Gasteiger partial charge on any atom is -0.469 e. The molecule has 1 aliphatic heterocycles. The second kappa shape index (κ2) is 6.43. The molecule has 1 unspecified atom stereocenters. The molecule has 7 nitrogen and oxygen atoms in total. The average Bonchev–Trinajstić information content (AvgIpc) is 3.00. The Bertz CT molecular complexity index is 797. The lowest BCUT2D eigenvalue weighted by Crippen LogP contribution is -2.30. The van der Waals surface area contributed by atoms with Crippen molar-refractivity contribution in [3.8, 4) is 0 Å². The van der Waals surface area contributed by atoms with Gasteiger partial charge in [-0.05, 0) is 43.5 Å². The highest BCUT2D eigenvalue weighted by Gasteiger charge is 2.30. The molecule has 0 saturated carbocycles. The monoisotopic (exact) mass is 328 g/mol. The molecular weight excluding hydrogens is 308 g/mol. The number of nitrogens with zero attached hydrogens (tertiary/aromatic N) is 3. The summed E-state index contributed by atoms with van der Waals surface area (Å²) < 4.78 is 6.52. The number of ether oxygens (including phenoxy) is 1.